The predicted molar refractivity (Wildman–Crippen MR) is 42.6 cm³/mol. The lowest BCUT2D eigenvalue weighted by molar-refractivity contribution is 0.470. The van der Waals surface area contributed by atoms with E-state index in [1.54, 1.807) is 12.3 Å². The maximum absolute atomic E-state index is 9.28. The molecule has 2 heteroatoms. The molecule has 1 N–H and O–H groups in total. The summed E-state index contributed by atoms with van der Waals surface area (Å²) in [7, 11) is 0. The molecule has 56 valence electrons. The SMILES string of the molecule is Cc1c(O)ccc2ccoc12. The zero-order chi connectivity index (χ0) is 7.84. The van der Waals surface area contributed by atoms with Crippen LogP contribution in [0.2, 0.25) is 0 Å². The lowest BCUT2D eigenvalue weighted by Gasteiger charge is -1.96. The Morgan fingerprint density at radius 2 is 2.09 bits per heavy atom. The molecule has 0 aliphatic heterocycles. The number of phenols is 1. The highest BCUT2D eigenvalue weighted by Crippen LogP contribution is 2.26. The second-order valence-electron chi connectivity index (χ2n) is 2.55. The van der Waals surface area contributed by atoms with Crippen molar-refractivity contribution in [3.63, 3.8) is 0 Å². The molecule has 0 saturated carbocycles. The van der Waals surface area contributed by atoms with E-state index in [0.29, 0.717) is 0 Å². The molecule has 0 radical (unpaired) electrons. The largest absolute Gasteiger partial charge is 0.508 e. The summed E-state index contributed by atoms with van der Waals surface area (Å²) in [6.07, 6.45) is 1.62. The number of hydrogen-bond acceptors (Lipinski definition) is 2. The van der Waals surface area contributed by atoms with Crippen molar-refractivity contribution in [2.45, 2.75) is 6.92 Å². The molecule has 0 fully saturated rings. The first-order valence-corrected chi connectivity index (χ1v) is 3.45. The fourth-order valence-electron chi connectivity index (χ4n) is 1.17. The molecule has 2 aromatic rings. The Morgan fingerprint density at radius 3 is 2.91 bits per heavy atom. The topological polar surface area (TPSA) is 33.4 Å². The molecular formula is C9H8O2. The van der Waals surface area contributed by atoms with Crippen molar-refractivity contribution in [2.75, 3.05) is 0 Å². The molecule has 2 nitrogen and oxygen atoms in total. The number of benzene rings is 1. The standard InChI is InChI=1S/C9H8O2/c1-6-8(10)3-2-7-4-5-11-9(6)7/h2-5,10H,1H3. The zero-order valence-electron chi connectivity index (χ0n) is 6.16. The molecule has 0 aliphatic rings. The van der Waals surface area contributed by atoms with Crippen LogP contribution in [0.15, 0.2) is 28.9 Å². The Kier molecular flexibility index (Phi) is 1.15. The van der Waals surface area contributed by atoms with Gasteiger partial charge in [0.15, 0.2) is 0 Å². The van der Waals surface area contributed by atoms with Crippen molar-refractivity contribution in [3.05, 3.63) is 30.0 Å². The summed E-state index contributed by atoms with van der Waals surface area (Å²) < 4.78 is 5.17. The van der Waals surface area contributed by atoms with Crippen LogP contribution in [0.5, 0.6) is 5.75 Å². The highest BCUT2D eigenvalue weighted by Gasteiger charge is 2.03. The Bertz CT molecular complexity index is 387. The average molecular weight is 148 g/mol. The van der Waals surface area contributed by atoms with Gasteiger partial charge < -0.3 is 9.52 Å². The first-order valence-electron chi connectivity index (χ1n) is 3.45. The van der Waals surface area contributed by atoms with E-state index in [1.807, 2.05) is 19.1 Å². The molecule has 0 saturated heterocycles. The lowest BCUT2D eigenvalue weighted by Crippen LogP contribution is -1.73. The minimum absolute atomic E-state index is 0.285. The molecule has 0 spiro atoms. The van der Waals surface area contributed by atoms with Gasteiger partial charge in [0.1, 0.15) is 11.3 Å². The molecule has 0 bridgehead atoms. The summed E-state index contributed by atoms with van der Waals surface area (Å²) in [5.74, 6) is 0.285. The van der Waals surface area contributed by atoms with Gasteiger partial charge in [0, 0.05) is 10.9 Å². The minimum Gasteiger partial charge on any atom is -0.508 e. The van der Waals surface area contributed by atoms with Crippen LogP contribution in [-0.2, 0) is 0 Å². The van der Waals surface area contributed by atoms with E-state index in [-0.39, 0.29) is 5.75 Å². The average Bonchev–Trinajstić information content (AvgIpc) is 2.45. The Labute approximate surface area is 64.1 Å². The number of rotatable bonds is 0. The molecule has 1 aromatic heterocycles. The number of phenolic OH excluding ortho intramolecular Hbond substituents is 1. The summed E-state index contributed by atoms with van der Waals surface area (Å²) >= 11 is 0. The fourth-order valence-corrected chi connectivity index (χ4v) is 1.17. The maximum atomic E-state index is 9.28. The van der Waals surface area contributed by atoms with Gasteiger partial charge in [-0.05, 0) is 25.1 Å². The van der Waals surface area contributed by atoms with Gasteiger partial charge in [-0.25, -0.2) is 0 Å². The molecule has 1 aromatic carbocycles. The van der Waals surface area contributed by atoms with Gasteiger partial charge in [-0.1, -0.05) is 0 Å². The van der Waals surface area contributed by atoms with Crippen molar-refractivity contribution < 1.29 is 9.52 Å². The number of aromatic hydroxyl groups is 1. The van der Waals surface area contributed by atoms with Crippen LogP contribution in [0.3, 0.4) is 0 Å². The fraction of sp³-hybridized carbons (Fsp3) is 0.111. The maximum Gasteiger partial charge on any atom is 0.140 e. The first-order chi connectivity index (χ1) is 5.29. The van der Waals surface area contributed by atoms with Crippen LogP contribution in [-0.4, -0.2) is 5.11 Å². The number of fused-ring (bicyclic) bond motifs is 1. The van der Waals surface area contributed by atoms with Crippen LogP contribution < -0.4 is 0 Å². The lowest BCUT2D eigenvalue weighted by atomic mass is 10.1. The quantitative estimate of drug-likeness (QED) is 0.622. The molecule has 0 amide bonds. The number of furan rings is 1. The van der Waals surface area contributed by atoms with Gasteiger partial charge in [-0.2, -0.15) is 0 Å². The van der Waals surface area contributed by atoms with Crippen molar-refractivity contribution in [2.24, 2.45) is 0 Å². The van der Waals surface area contributed by atoms with Crippen molar-refractivity contribution in [3.8, 4) is 5.75 Å². The van der Waals surface area contributed by atoms with Crippen LogP contribution in [0.4, 0.5) is 0 Å². The van der Waals surface area contributed by atoms with Gasteiger partial charge in [0.2, 0.25) is 0 Å². The highest BCUT2D eigenvalue weighted by molar-refractivity contribution is 5.82. The van der Waals surface area contributed by atoms with Crippen LogP contribution in [0.1, 0.15) is 5.56 Å². The van der Waals surface area contributed by atoms with Crippen LogP contribution >= 0.6 is 0 Å². The third kappa shape index (κ3) is 0.792. The van der Waals surface area contributed by atoms with E-state index in [2.05, 4.69) is 0 Å². The minimum atomic E-state index is 0.285. The van der Waals surface area contributed by atoms with Crippen molar-refractivity contribution in [1.82, 2.24) is 0 Å². The zero-order valence-corrected chi connectivity index (χ0v) is 6.16. The van der Waals surface area contributed by atoms with E-state index < -0.39 is 0 Å². The highest BCUT2D eigenvalue weighted by atomic mass is 16.3. The summed E-state index contributed by atoms with van der Waals surface area (Å²) in [4.78, 5) is 0. The van der Waals surface area contributed by atoms with E-state index in [1.165, 1.54) is 0 Å². The summed E-state index contributed by atoms with van der Waals surface area (Å²) in [6.45, 7) is 1.83. The van der Waals surface area contributed by atoms with Crippen LogP contribution in [0.25, 0.3) is 11.0 Å². The summed E-state index contributed by atoms with van der Waals surface area (Å²) in [5.41, 5.74) is 1.57. The Hall–Kier alpha value is -1.44. The van der Waals surface area contributed by atoms with Gasteiger partial charge in [0.25, 0.3) is 0 Å². The van der Waals surface area contributed by atoms with E-state index >= 15 is 0 Å². The Balaban J connectivity index is 2.93. The first kappa shape index (κ1) is 6.28. The summed E-state index contributed by atoms with van der Waals surface area (Å²) in [6, 6.07) is 5.39. The van der Waals surface area contributed by atoms with Gasteiger partial charge >= 0.3 is 0 Å². The second kappa shape index (κ2) is 2.02. The molecule has 0 aliphatic carbocycles. The van der Waals surface area contributed by atoms with E-state index in [9.17, 15) is 5.11 Å². The summed E-state index contributed by atoms with van der Waals surface area (Å²) in [5, 5.41) is 10.3. The second-order valence-corrected chi connectivity index (χ2v) is 2.55. The monoisotopic (exact) mass is 148 g/mol. The van der Waals surface area contributed by atoms with E-state index in [4.69, 9.17) is 4.42 Å². The van der Waals surface area contributed by atoms with E-state index in [0.717, 1.165) is 16.5 Å². The molecule has 2 rings (SSSR count). The van der Waals surface area contributed by atoms with Crippen molar-refractivity contribution >= 4 is 11.0 Å². The normalized spacial score (nSPS) is 10.6. The molecule has 11 heavy (non-hydrogen) atoms. The van der Waals surface area contributed by atoms with Crippen molar-refractivity contribution in [1.29, 1.82) is 0 Å². The smallest absolute Gasteiger partial charge is 0.140 e. The van der Waals surface area contributed by atoms with Crippen LogP contribution in [0, 0.1) is 6.92 Å². The van der Waals surface area contributed by atoms with Gasteiger partial charge in [-0.15, -0.1) is 0 Å². The van der Waals surface area contributed by atoms with Gasteiger partial charge in [-0.3, -0.25) is 0 Å². The molecular weight excluding hydrogens is 140 g/mol. The molecule has 0 atom stereocenters. The third-order valence-corrected chi connectivity index (χ3v) is 1.84. The molecule has 1 heterocycles. The predicted octanol–water partition coefficient (Wildman–Crippen LogP) is 2.45. The molecule has 0 unspecified atom stereocenters. The number of hydrogen-bond donors (Lipinski definition) is 1. The third-order valence-electron chi connectivity index (χ3n) is 1.84. The van der Waals surface area contributed by atoms with Gasteiger partial charge in [0.05, 0.1) is 6.26 Å². The Morgan fingerprint density at radius 1 is 1.27 bits per heavy atom. The number of aryl methyl sites for hydroxylation is 1.